The van der Waals surface area contributed by atoms with Crippen molar-refractivity contribution in [1.82, 2.24) is 0 Å². The molecule has 2 nitrogen and oxygen atoms in total. The Kier molecular flexibility index (Phi) is 3.92. The van der Waals surface area contributed by atoms with E-state index in [2.05, 4.69) is 0 Å². The molecule has 0 radical (unpaired) electrons. The van der Waals surface area contributed by atoms with Crippen LogP contribution in [0.1, 0.15) is 22.8 Å². The Balaban J connectivity index is 3.39. The van der Waals surface area contributed by atoms with Crippen LogP contribution >= 0.6 is 0 Å². The molecule has 1 rings (SSSR count). The van der Waals surface area contributed by atoms with Crippen LogP contribution in [0.15, 0.2) is 18.2 Å². The van der Waals surface area contributed by atoms with Crippen molar-refractivity contribution in [1.29, 1.82) is 0 Å². The quantitative estimate of drug-likeness (QED) is 0.814. The molecule has 0 bridgehead atoms. The molecule has 0 saturated carbocycles. The van der Waals surface area contributed by atoms with E-state index < -0.39 is 41.8 Å². The van der Waals surface area contributed by atoms with Crippen LogP contribution in [0.25, 0.3) is 0 Å². The Labute approximate surface area is 97.5 Å². The highest BCUT2D eigenvalue weighted by molar-refractivity contribution is 5.34. The third-order valence-electron chi connectivity index (χ3n) is 2.17. The van der Waals surface area contributed by atoms with E-state index in [1.807, 2.05) is 0 Å². The zero-order valence-corrected chi connectivity index (χ0v) is 8.68. The van der Waals surface area contributed by atoms with E-state index in [9.17, 15) is 26.3 Å². The van der Waals surface area contributed by atoms with E-state index in [0.29, 0.717) is 12.1 Å². The van der Waals surface area contributed by atoms with Crippen LogP contribution in [0.4, 0.5) is 26.3 Å². The minimum absolute atomic E-state index is 0.0480. The van der Waals surface area contributed by atoms with Crippen LogP contribution in [0.2, 0.25) is 0 Å². The largest absolute Gasteiger partial charge is 0.416 e. The average molecular weight is 274 g/mol. The van der Waals surface area contributed by atoms with Gasteiger partial charge < -0.3 is 10.2 Å². The summed E-state index contributed by atoms with van der Waals surface area (Å²) in [4.78, 5) is 0. The van der Waals surface area contributed by atoms with E-state index in [0.717, 1.165) is 0 Å². The van der Waals surface area contributed by atoms with E-state index in [-0.39, 0.29) is 6.07 Å². The molecule has 0 aliphatic carbocycles. The number of halogens is 6. The smallest absolute Gasteiger partial charge is 0.393 e. The summed E-state index contributed by atoms with van der Waals surface area (Å²) < 4.78 is 74.4. The standard InChI is InChI=1S/C10H8F6O2/c11-9(12,13)6-1-5(8(18)4-17)2-7(3-6)10(14,15)16/h1-3,8,17-18H,4H2/t8-/m0/s1. The molecule has 1 atom stereocenters. The van der Waals surface area contributed by atoms with Crippen LogP contribution in [0.3, 0.4) is 0 Å². The molecule has 0 saturated heterocycles. The van der Waals surface area contributed by atoms with Gasteiger partial charge in [0.2, 0.25) is 0 Å². The lowest BCUT2D eigenvalue weighted by molar-refractivity contribution is -0.143. The first-order valence-electron chi connectivity index (χ1n) is 4.64. The number of benzene rings is 1. The van der Waals surface area contributed by atoms with Gasteiger partial charge in [0.05, 0.1) is 17.7 Å². The highest BCUT2D eigenvalue weighted by Gasteiger charge is 2.37. The van der Waals surface area contributed by atoms with Crippen molar-refractivity contribution in [3.05, 3.63) is 34.9 Å². The fourth-order valence-electron chi connectivity index (χ4n) is 1.28. The molecule has 0 aliphatic heterocycles. The van der Waals surface area contributed by atoms with E-state index in [4.69, 9.17) is 10.2 Å². The van der Waals surface area contributed by atoms with Crippen LogP contribution in [0.5, 0.6) is 0 Å². The summed E-state index contributed by atoms with van der Waals surface area (Å²) in [6.07, 6.45) is -11.7. The SMILES string of the molecule is OC[C@H](O)c1cc(C(F)(F)F)cc(C(F)(F)F)c1. The Morgan fingerprint density at radius 1 is 0.889 bits per heavy atom. The van der Waals surface area contributed by atoms with Crippen LogP contribution < -0.4 is 0 Å². The lowest BCUT2D eigenvalue weighted by Gasteiger charge is -2.16. The fraction of sp³-hybridized carbons (Fsp3) is 0.400. The maximum absolute atomic E-state index is 12.4. The number of alkyl halides is 6. The summed E-state index contributed by atoms with van der Waals surface area (Å²) >= 11 is 0. The number of aliphatic hydroxyl groups is 2. The van der Waals surface area contributed by atoms with Crippen molar-refractivity contribution in [2.75, 3.05) is 6.61 Å². The molecule has 2 N–H and O–H groups in total. The highest BCUT2D eigenvalue weighted by Crippen LogP contribution is 2.37. The van der Waals surface area contributed by atoms with Gasteiger partial charge in [-0.25, -0.2) is 0 Å². The molecular weight excluding hydrogens is 266 g/mol. The van der Waals surface area contributed by atoms with Crippen molar-refractivity contribution >= 4 is 0 Å². The number of hydrogen-bond acceptors (Lipinski definition) is 2. The second kappa shape index (κ2) is 4.77. The van der Waals surface area contributed by atoms with Crippen molar-refractivity contribution in [3.8, 4) is 0 Å². The maximum atomic E-state index is 12.4. The molecule has 0 fully saturated rings. The second-order valence-electron chi connectivity index (χ2n) is 3.54. The zero-order chi connectivity index (χ0) is 14.1. The highest BCUT2D eigenvalue weighted by atomic mass is 19.4. The number of hydrogen-bond donors (Lipinski definition) is 2. The van der Waals surface area contributed by atoms with Gasteiger partial charge in [0.1, 0.15) is 6.10 Å². The van der Waals surface area contributed by atoms with Gasteiger partial charge >= 0.3 is 12.4 Å². The Hall–Kier alpha value is -1.28. The molecule has 0 unspecified atom stereocenters. The van der Waals surface area contributed by atoms with Crippen LogP contribution in [-0.4, -0.2) is 16.8 Å². The minimum Gasteiger partial charge on any atom is -0.393 e. The molecule has 1 aromatic rings. The molecule has 1 aromatic carbocycles. The average Bonchev–Trinajstić information content (AvgIpc) is 2.25. The topological polar surface area (TPSA) is 40.5 Å². The first kappa shape index (κ1) is 14.8. The fourth-order valence-corrected chi connectivity index (χ4v) is 1.28. The maximum Gasteiger partial charge on any atom is 0.416 e. The van der Waals surface area contributed by atoms with Gasteiger partial charge in [-0.05, 0) is 23.8 Å². The molecule has 0 amide bonds. The van der Waals surface area contributed by atoms with Crippen LogP contribution in [0, 0.1) is 0 Å². The van der Waals surface area contributed by atoms with Gasteiger partial charge in [-0.1, -0.05) is 0 Å². The summed E-state index contributed by atoms with van der Waals surface area (Å²) in [7, 11) is 0. The first-order chi connectivity index (χ1) is 8.05. The van der Waals surface area contributed by atoms with Crippen molar-refractivity contribution in [2.45, 2.75) is 18.5 Å². The van der Waals surface area contributed by atoms with E-state index in [1.165, 1.54) is 0 Å². The number of aliphatic hydroxyl groups excluding tert-OH is 2. The molecule has 0 heterocycles. The van der Waals surface area contributed by atoms with Crippen molar-refractivity contribution in [2.24, 2.45) is 0 Å². The number of rotatable bonds is 2. The Bertz CT molecular complexity index is 391. The summed E-state index contributed by atoms with van der Waals surface area (Å²) in [6, 6.07) is 0.694. The molecule has 0 aromatic heterocycles. The molecular formula is C10H8F6O2. The Morgan fingerprint density at radius 2 is 1.28 bits per heavy atom. The van der Waals surface area contributed by atoms with E-state index in [1.54, 1.807) is 0 Å². The third kappa shape index (κ3) is 3.36. The van der Waals surface area contributed by atoms with Gasteiger partial charge in [0, 0.05) is 0 Å². The minimum atomic E-state index is -4.97. The van der Waals surface area contributed by atoms with Crippen LogP contribution in [-0.2, 0) is 12.4 Å². The van der Waals surface area contributed by atoms with Gasteiger partial charge in [-0.2, -0.15) is 26.3 Å². The predicted molar refractivity (Wildman–Crippen MR) is 48.5 cm³/mol. The summed E-state index contributed by atoms with van der Waals surface area (Å²) in [5.41, 5.74) is -3.70. The second-order valence-corrected chi connectivity index (χ2v) is 3.54. The molecule has 18 heavy (non-hydrogen) atoms. The molecule has 8 heteroatoms. The Morgan fingerprint density at radius 3 is 1.56 bits per heavy atom. The third-order valence-corrected chi connectivity index (χ3v) is 2.17. The summed E-state index contributed by atoms with van der Waals surface area (Å²) in [6.45, 7) is -0.974. The monoisotopic (exact) mass is 274 g/mol. The van der Waals surface area contributed by atoms with E-state index >= 15 is 0 Å². The normalized spacial score (nSPS) is 14.7. The lowest BCUT2D eigenvalue weighted by atomic mass is 10.0. The zero-order valence-electron chi connectivity index (χ0n) is 8.68. The van der Waals surface area contributed by atoms with Gasteiger partial charge in [0.15, 0.2) is 0 Å². The summed E-state index contributed by atoms with van der Waals surface area (Å²) in [5.74, 6) is 0. The molecule has 0 spiro atoms. The summed E-state index contributed by atoms with van der Waals surface area (Å²) in [5, 5.41) is 17.7. The predicted octanol–water partition coefficient (Wildman–Crippen LogP) is 2.75. The van der Waals surface area contributed by atoms with Crippen molar-refractivity contribution in [3.63, 3.8) is 0 Å². The van der Waals surface area contributed by atoms with Gasteiger partial charge in [-0.15, -0.1) is 0 Å². The lowest BCUT2D eigenvalue weighted by Crippen LogP contribution is -2.13. The van der Waals surface area contributed by atoms with Gasteiger partial charge in [0.25, 0.3) is 0 Å². The van der Waals surface area contributed by atoms with Crippen molar-refractivity contribution < 1.29 is 36.6 Å². The molecule has 0 aliphatic rings. The first-order valence-corrected chi connectivity index (χ1v) is 4.64. The van der Waals surface area contributed by atoms with Gasteiger partial charge in [-0.3, -0.25) is 0 Å². The molecule has 102 valence electrons.